The van der Waals surface area contributed by atoms with Crippen LogP contribution in [0.5, 0.6) is 0 Å². The zero-order chi connectivity index (χ0) is 12.1. The Morgan fingerprint density at radius 1 is 1.47 bits per heavy atom. The summed E-state index contributed by atoms with van der Waals surface area (Å²) in [6, 6.07) is -0.368. The number of hydrogen-bond donors (Lipinski definition) is 2. The first-order valence-corrected chi connectivity index (χ1v) is 5.37. The van der Waals surface area contributed by atoms with Crippen molar-refractivity contribution in [1.29, 1.82) is 0 Å². The number of nitrogens with one attached hydrogen (secondary N) is 1. The molecular weight excluding hydrogens is 194 g/mol. The average Bonchev–Trinajstić information content (AvgIpc) is 2.10. The molecule has 0 spiro atoms. The van der Waals surface area contributed by atoms with E-state index in [1.807, 2.05) is 34.6 Å². The van der Waals surface area contributed by atoms with Crippen LogP contribution in [0.15, 0.2) is 0 Å². The smallest absolute Gasteiger partial charge is 0.214 e. The number of hydrogen-bond acceptors (Lipinski definition) is 4. The van der Waals surface area contributed by atoms with Crippen LogP contribution in [0.2, 0.25) is 0 Å². The van der Waals surface area contributed by atoms with Crippen molar-refractivity contribution in [2.24, 2.45) is 5.92 Å². The Kier molecular flexibility index (Phi) is 6.02. The van der Waals surface area contributed by atoms with E-state index >= 15 is 0 Å². The first kappa shape index (κ1) is 14.6. The van der Waals surface area contributed by atoms with Crippen LogP contribution in [-0.2, 0) is 9.53 Å². The molecule has 0 aromatic heterocycles. The van der Waals surface area contributed by atoms with Crippen molar-refractivity contribution in [2.45, 2.75) is 59.1 Å². The highest BCUT2D eigenvalue weighted by atomic mass is 16.6. The van der Waals surface area contributed by atoms with Gasteiger partial charge in [0, 0.05) is 0 Å². The molecule has 4 heteroatoms. The Morgan fingerprint density at radius 3 is 2.33 bits per heavy atom. The molecule has 4 nitrogen and oxygen atoms in total. The lowest BCUT2D eigenvalue weighted by Crippen LogP contribution is -2.47. The van der Waals surface area contributed by atoms with Gasteiger partial charge < -0.3 is 14.6 Å². The van der Waals surface area contributed by atoms with Crippen molar-refractivity contribution in [3.8, 4) is 0 Å². The fraction of sp³-hybridized carbons (Fsp3) is 0.909. The molecule has 0 rings (SSSR count). The number of aliphatic hydroxyl groups excluding tert-OH is 1. The van der Waals surface area contributed by atoms with Gasteiger partial charge in [0.1, 0.15) is 6.29 Å². The largest absolute Gasteiger partial charge is 0.356 e. The minimum Gasteiger partial charge on any atom is -0.356 e. The van der Waals surface area contributed by atoms with E-state index in [-0.39, 0.29) is 12.0 Å². The molecule has 0 fully saturated rings. The van der Waals surface area contributed by atoms with Crippen LogP contribution < -0.4 is 5.32 Å². The van der Waals surface area contributed by atoms with E-state index in [4.69, 9.17) is 4.74 Å². The molecular formula is C11H23NO3. The maximum absolute atomic E-state index is 10.8. The van der Waals surface area contributed by atoms with Crippen LogP contribution in [0.1, 0.15) is 41.0 Å². The summed E-state index contributed by atoms with van der Waals surface area (Å²) in [6.07, 6.45) is 0.580. The van der Waals surface area contributed by atoms with Gasteiger partial charge in [-0.25, -0.2) is 0 Å². The van der Waals surface area contributed by atoms with Gasteiger partial charge in [-0.15, -0.1) is 0 Å². The third kappa shape index (κ3) is 6.60. The van der Waals surface area contributed by atoms with Crippen molar-refractivity contribution in [2.75, 3.05) is 0 Å². The van der Waals surface area contributed by atoms with Gasteiger partial charge in [-0.05, 0) is 26.7 Å². The van der Waals surface area contributed by atoms with Gasteiger partial charge in [0.2, 0.25) is 6.41 Å². The van der Waals surface area contributed by atoms with Gasteiger partial charge in [-0.1, -0.05) is 20.3 Å². The zero-order valence-electron chi connectivity index (χ0n) is 10.3. The van der Waals surface area contributed by atoms with E-state index in [9.17, 15) is 9.90 Å². The Bertz CT molecular complexity index is 189. The highest BCUT2D eigenvalue weighted by Gasteiger charge is 2.22. The fourth-order valence-electron chi connectivity index (χ4n) is 1.13. The summed E-state index contributed by atoms with van der Waals surface area (Å²) in [5, 5.41) is 12.3. The average molecular weight is 217 g/mol. The van der Waals surface area contributed by atoms with Crippen LogP contribution in [0.25, 0.3) is 0 Å². The molecule has 0 aliphatic heterocycles. The number of rotatable bonds is 6. The Balaban J connectivity index is 4.13. The molecule has 15 heavy (non-hydrogen) atoms. The highest BCUT2D eigenvalue weighted by molar-refractivity contribution is 5.57. The monoisotopic (exact) mass is 217 g/mol. The van der Waals surface area contributed by atoms with Gasteiger partial charge in [-0.3, -0.25) is 5.32 Å². The van der Waals surface area contributed by atoms with Crippen LogP contribution in [0.3, 0.4) is 0 Å². The Hall–Kier alpha value is -0.450. The van der Waals surface area contributed by atoms with Crippen molar-refractivity contribution in [1.82, 2.24) is 5.32 Å². The number of carbonyl (C=O) groups excluding carboxylic acids is 1. The second kappa shape index (κ2) is 6.20. The van der Waals surface area contributed by atoms with Gasteiger partial charge >= 0.3 is 0 Å². The predicted molar refractivity (Wildman–Crippen MR) is 59.3 cm³/mol. The number of ether oxygens (including phenoxy) is 1. The second-order valence-corrected chi connectivity index (χ2v) is 4.80. The van der Waals surface area contributed by atoms with Crippen LogP contribution in [-0.4, -0.2) is 29.4 Å². The minimum atomic E-state index is -1.10. The summed E-state index contributed by atoms with van der Waals surface area (Å²) < 4.78 is 5.25. The molecule has 0 bridgehead atoms. The van der Waals surface area contributed by atoms with E-state index in [1.54, 1.807) is 0 Å². The Morgan fingerprint density at radius 2 is 2.00 bits per heavy atom. The lowest BCUT2D eigenvalue weighted by Gasteiger charge is -2.28. The van der Waals surface area contributed by atoms with E-state index in [2.05, 4.69) is 5.32 Å². The molecule has 0 aromatic carbocycles. The summed E-state index contributed by atoms with van der Waals surface area (Å²) in [6.45, 7) is 9.49. The molecule has 2 N–H and O–H groups in total. The Labute approximate surface area is 92.0 Å². The molecule has 0 amide bonds. The predicted octanol–water partition coefficient (Wildman–Crippen LogP) is 1.28. The SMILES string of the molecule is CCC(C)C(C=O)NC(O)OC(C)(C)C. The third-order valence-electron chi connectivity index (χ3n) is 2.20. The van der Waals surface area contributed by atoms with Gasteiger partial charge in [-0.2, -0.15) is 0 Å². The molecule has 3 atom stereocenters. The maximum Gasteiger partial charge on any atom is 0.214 e. The van der Waals surface area contributed by atoms with Crippen molar-refractivity contribution >= 4 is 6.29 Å². The molecule has 0 radical (unpaired) electrons. The van der Waals surface area contributed by atoms with Crippen molar-refractivity contribution in [3.05, 3.63) is 0 Å². The summed E-state index contributed by atoms with van der Waals surface area (Å²) in [5.41, 5.74) is -0.435. The van der Waals surface area contributed by atoms with E-state index in [0.29, 0.717) is 0 Å². The van der Waals surface area contributed by atoms with E-state index in [0.717, 1.165) is 12.7 Å². The summed E-state index contributed by atoms with van der Waals surface area (Å²) in [7, 11) is 0. The topological polar surface area (TPSA) is 58.6 Å². The van der Waals surface area contributed by atoms with Gasteiger partial charge in [0.05, 0.1) is 11.6 Å². The first-order chi connectivity index (χ1) is 6.80. The van der Waals surface area contributed by atoms with Crippen LogP contribution in [0.4, 0.5) is 0 Å². The number of carbonyl (C=O) groups is 1. The molecule has 0 saturated carbocycles. The normalized spacial score (nSPS) is 18.3. The van der Waals surface area contributed by atoms with Crippen LogP contribution in [0, 0.1) is 5.92 Å². The molecule has 3 unspecified atom stereocenters. The molecule has 0 aliphatic carbocycles. The molecule has 90 valence electrons. The highest BCUT2D eigenvalue weighted by Crippen LogP contribution is 2.11. The molecule has 0 heterocycles. The first-order valence-electron chi connectivity index (χ1n) is 5.37. The quantitative estimate of drug-likeness (QED) is 0.520. The molecule has 0 aliphatic rings. The van der Waals surface area contributed by atoms with E-state index < -0.39 is 12.0 Å². The third-order valence-corrected chi connectivity index (χ3v) is 2.20. The molecule has 0 aromatic rings. The number of aldehydes is 1. The standard InChI is InChI=1S/C11H23NO3/c1-6-8(2)9(7-13)12-10(14)15-11(3,4)5/h7-10,12,14H,6H2,1-5H3. The fourth-order valence-corrected chi connectivity index (χ4v) is 1.13. The van der Waals surface area contributed by atoms with Crippen LogP contribution >= 0.6 is 0 Å². The molecule has 0 saturated heterocycles. The summed E-state index contributed by atoms with van der Waals surface area (Å²) in [4.78, 5) is 10.8. The minimum absolute atomic E-state index is 0.181. The van der Waals surface area contributed by atoms with Crippen molar-refractivity contribution in [3.63, 3.8) is 0 Å². The van der Waals surface area contributed by atoms with E-state index in [1.165, 1.54) is 0 Å². The number of aliphatic hydroxyl groups is 1. The van der Waals surface area contributed by atoms with Gasteiger partial charge in [0.25, 0.3) is 0 Å². The summed E-state index contributed by atoms with van der Waals surface area (Å²) >= 11 is 0. The lowest BCUT2D eigenvalue weighted by molar-refractivity contribution is -0.187. The maximum atomic E-state index is 10.8. The zero-order valence-corrected chi connectivity index (χ0v) is 10.3. The lowest BCUT2D eigenvalue weighted by atomic mass is 10.0. The van der Waals surface area contributed by atoms with Gasteiger partial charge in [0.15, 0.2) is 0 Å². The van der Waals surface area contributed by atoms with Crippen molar-refractivity contribution < 1.29 is 14.6 Å². The second-order valence-electron chi connectivity index (χ2n) is 4.80. The summed E-state index contributed by atoms with van der Waals surface area (Å²) in [5.74, 6) is 0.181.